The zero-order valence-corrected chi connectivity index (χ0v) is 11.8. The van der Waals surface area contributed by atoms with Crippen LogP contribution >= 0.6 is 0 Å². The second-order valence-electron chi connectivity index (χ2n) is 5.46. The van der Waals surface area contributed by atoms with Crippen LogP contribution in [0.5, 0.6) is 0 Å². The predicted octanol–water partition coefficient (Wildman–Crippen LogP) is 1.64. The first-order chi connectivity index (χ1) is 9.70. The van der Waals surface area contributed by atoms with Gasteiger partial charge in [0.1, 0.15) is 0 Å². The Morgan fingerprint density at radius 3 is 2.75 bits per heavy atom. The van der Waals surface area contributed by atoms with Crippen molar-refractivity contribution in [2.24, 2.45) is 0 Å². The second kappa shape index (κ2) is 5.32. The molecule has 1 aromatic rings. The maximum Gasteiger partial charge on any atom is 0.409 e. The van der Waals surface area contributed by atoms with E-state index >= 15 is 0 Å². The first-order valence-corrected chi connectivity index (χ1v) is 7.15. The van der Waals surface area contributed by atoms with Crippen LogP contribution in [-0.4, -0.2) is 49.2 Å². The third-order valence-corrected chi connectivity index (χ3v) is 4.46. The predicted molar refractivity (Wildman–Crippen MR) is 77.5 cm³/mol. The normalized spacial score (nSPS) is 22.6. The van der Waals surface area contributed by atoms with Gasteiger partial charge in [0.05, 0.1) is 7.11 Å². The van der Waals surface area contributed by atoms with E-state index in [1.54, 1.807) is 4.90 Å². The summed E-state index contributed by atoms with van der Waals surface area (Å²) in [7, 11) is 1.44. The maximum atomic E-state index is 11.5. The number of benzene rings is 1. The summed E-state index contributed by atoms with van der Waals surface area (Å²) in [5.74, 6) is 0. The highest BCUT2D eigenvalue weighted by molar-refractivity contribution is 5.67. The number of amides is 1. The van der Waals surface area contributed by atoms with Gasteiger partial charge in [0, 0.05) is 37.9 Å². The first-order valence-electron chi connectivity index (χ1n) is 7.15. The van der Waals surface area contributed by atoms with Crippen LogP contribution in [0.3, 0.4) is 0 Å². The minimum atomic E-state index is -0.222. The zero-order valence-electron chi connectivity index (χ0n) is 11.8. The van der Waals surface area contributed by atoms with Crippen LogP contribution in [0.2, 0.25) is 0 Å². The molecule has 3 rings (SSSR count). The van der Waals surface area contributed by atoms with Crippen molar-refractivity contribution in [3.63, 3.8) is 0 Å². The molecule has 20 heavy (non-hydrogen) atoms. The molecule has 108 valence electrons. The second-order valence-corrected chi connectivity index (χ2v) is 5.46. The lowest BCUT2D eigenvalue weighted by Crippen LogP contribution is -2.49. The smallest absolute Gasteiger partial charge is 0.409 e. The van der Waals surface area contributed by atoms with E-state index in [1.807, 2.05) is 12.1 Å². The molecule has 1 aromatic carbocycles. The number of fused-ring (bicyclic) bond motifs is 1. The number of nitrogens with zero attached hydrogens (tertiary/aromatic N) is 2. The van der Waals surface area contributed by atoms with Gasteiger partial charge < -0.3 is 15.4 Å². The van der Waals surface area contributed by atoms with Crippen molar-refractivity contribution in [1.82, 2.24) is 9.80 Å². The standard InChI is InChI=1S/C15H21N3O2/c1-20-15(19)18-9-7-17(8-10-18)14-6-5-11-12(14)3-2-4-13(11)16/h2-4,14H,5-10,16H2,1H3. The van der Waals surface area contributed by atoms with E-state index in [0.29, 0.717) is 6.04 Å². The molecule has 2 aliphatic rings. The fraction of sp³-hybridized carbons (Fsp3) is 0.533. The molecule has 0 radical (unpaired) electrons. The van der Waals surface area contributed by atoms with Crippen LogP contribution in [0, 0.1) is 0 Å². The number of rotatable bonds is 1. The van der Waals surface area contributed by atoms with Crippen molar-refractivity contribution in [2.75, 3.05) is 39.0 Å². The third kappa shape index (κ3) is 2.22. The first kappa shape index (κ1) is 13.2. The molecule has 0 saturated carbocycles. The van der Waals surface area contributed by atoms with Crippen LogP contribution in [-0.2, 0) is 11.2 Å². The Bertz CT molecular complexity index is 510. The minimum absolute atomic E-state index is 0.222. The summed E-state index contributed by atoms with van der Waals surface area (Å²) in [6.45, 7) is 3.27. The quantitative estimate of drug-likeness (QED) is 0.792. The summed E-state index contributed by atoms with van der Waals surface area (Å²) in [6.07, 6.45) is 1.96. The van der Waals surface area contributed by atoms with E-state index in [4.69, 9.17) is 10.5 Å². The Labute approximate surface area is 119 Å². The van der Waals surface area contributed by atoms with E-state index < -0.39 is 0 Å². The number of piperazine rings is 1. The molecule has 5 nitrogen and oxygen atoms in total. The lowest BCUT2D eigenvalue weighted by molar-refractivity contribution is 0.0746. The number of nitrogen functional groups attached to an aromatic ring is 1. The van der Waals surface area contributed by atoms with Crippen molar-refractivity contribution in [3.05, 3.63) is 29.3 Å². The molecule has 1 atom stereocenters. The number of nitrogens with two attached hydrogens (primary N) is 1. The summed E-state index contributed by atoms with van der Waals surface area (Å²) >= 11 is 0. The van der Waals surface area contributed by atoms with Gasteiger partial charge in [-0.25, -0.2) is 4.79 Å². The highest BCUT2D eigenvalue weighted by atomic mass is 16.5. The molecule has 1 heterocycles. The molecule has 1 amide bonds. The molecule has 1 fully saturated rings. The van der Waals surface area contributed by atoms with Gasteiger partial charge in [-0.15, -0.1) is 0 Å². The van der Waals surface area contributed by atoms with Crippen LogP contribution < -0.4 is 5.73 Å². The SMILES string of the molecule is COC(=O)N1CCN(C2CCc3c(N)cccc32)CC1. The van der Waals surface area contributed by atoms with E-state index in [2.05, 4.69) is 11.0 Å². The summed E-state index contributed by atoms with van der Waals surface area (Å²) < 4.78 is 4.77. The van der Waals surface area contributed by atoms with Crippen molar-refractivity contribution in [3.8, 4) is 0 Å². The van der Waals surface area contributed by atoms with Gasteiger partial charge in [-0.3, -0.25) is 4.90 Å². The van der Waals surface area contributed by atoms with Crippen molar-refractivity contribution < 1.29 is 9.53 Å². The van der Waals surface area contributed by atoms with E-state index in [0.717, 1.165) is 44.7 Å². The Balaban J connectivity index is 1.69. The number of hydrogen-bond acceptors (Lipinski definition) is 4. The minimum Gasteiger partial charge on any atom is -0.453 e. The van der Waals surface area contributed by atoms with Gasteiger partial charge in [-0.1, -0.05) is 12.1 Å². The molecular formula is C15H21N3O2. The van der Waals surface area contributed by atoms with Gasteiger partial charge >= 0.3 is 6.09 Å². The largest absolute Gasteiger partial charge is 0.453 e. The average Bonchev–Trinajstić information content (AvgIpc) is 2.92. The van der Waals surface area contributed by atoms with Crippen LogP contribution in [0.1, 0.15) is 23.6 Å². The fourth-order valence-electron chi connectivity index (χ4n) is 3.39. The summed E-state index contributed by atoms with van der Waals surface area (Å²) in [5, 5.41) is 0. The highest BCUT2D eigenvalue weighted by Gasteiger charge is 2.32. The van der Waals surface area contributed by atoms with Crippen LogP contribution in [0.4, 0.5) is 10.5 Å². The van der Waals surface area contributed by atoms with Gasteiger partial charge in [0.2, 0.25) is 0 Å². The van der Waals surface area contributed by atoms with Crippen molar-refractivity contribution in [2.45, 2.75) is 18.9 Å². The molecule has 0 aromatic heterocycles. The Morgan fingerprint density at radius 1 is 1.30 bits per heavy atom. The van der Waals surface area contributed by atoms with Crippen molar-refractivity contribution >= 4 is 11.8 Å². The molecule has 1 saturated heterocycles. The molecule has 1 unspecified atom stereocenters. The lowest BCUT2D eigenvalue weighted by atomic mass is 10.0. The molecule has 2 N–H and O–H groups in total. The molecule has 1 aliphatic heterocycles. The van der Waals surface area contributed by atoms with Crippen LogP contribution in [0.25, 0.3) is 0 Å². The number of anilines is 1. The maximum absolute atomic E-state index is 11.5. The van der Waals surface area contributed by atoms with E-state index in [1.165, 1.54) is 18.2 Å². The van der Waals surface area contributed by atoms with E-state index in [9.17, 15) is 4.79 Å². The summed E-state index contributed by atoms with van der Waals surface area (Å²) in [5.41, 5.74) is 9.66. The highest BCUT2D eigenvalue weighted by Crippen LogP contribution is 2.38. The number of carbonyl (C=O) groups is 1. The van der Waals surface area contributed by atoms with E-state index in [-0.39, 0.29) is 6.09 Å². The fourth-order valence-corrected chi connectivity index (χ4v) is 3.39. The summed E-state index contributed by atoms with van der Waals surface area (Å²) in [6, 6.07) is 6.66. The monoisotopic (exact) mass is 275 g/mol. The molecule has 0 spiro atoms. The molecule has 1 aliphatic carbocycles. The zero-order chi connectivity index (χ0) is 14.1. The van der Waals surface area contributed by atoms with Crippen molar-refractivity contribution in [1.29, 1.82) is 0 Å². The molecular weight excluding hydrogens is 254 g/mol. The molecule has 0 bridgehead atoms. The van der Waals surface area contributed by atoms with Gasteiger partial charge in [0.25, 0.3) is 0 Å². The topological polar surface area (TPSA) is 58.8 Å². The Hall–Kier alpha value is -1.75. The lowest BCUT2D eigenvalue weighted by Gasteiger charge is -2.37. The number of ether oxygens (including phenoxy) is 1. The number of hydrogen-bond donors (Lipinski definition) is 1. The van der Waals surface area contributed by atoms with Gasteiger partial charge in [0.15, 0.2) is 0 Å². The average molecular weight is 275 g/mol. The van der Waals surface area contributed by atoms with Gasteiger partial charge in [-0.05, 0) is 30.0 Å². The Morgan fingerprint density at radius 2 is 2.05 bits per heavy atom. The third-order valence-electron chi connectivity index (χ3n) is 4.46. The van der Waals surface area contributed by atoms with Crippen LogP contribution in [0.15, 0.2) is 18.2 Å². The summed E-state index contributed by atoms with van der Waals surface area (Å²) in [4.78, 5) is 15.7. The van der Waals surface area contributed by atoms with Gasteiger partial charge in [-0.2, -0.15) is 0 Å². The molecule has 5 heteroatoms. The number of methoxy groups -OCH3 is 1. The Kier molecular flexibility index (Phi) is 3.53. The number of carbonyl (C=O) groups excluding carboxylic acids is 1.